The minimum absolute atomic E-state index is 0.633. The molecular weight excluding hydrogens is 657 g/mol. The van der Waals surface area contributed by atoms with Gasteiger partial charge in [-0.2, -0.15) is 10.5 Å². The van der Waals surface area contributed by atoms with Crippen LogP contribution >= 0.6 is 0 Å². The van der Waals surface area contributed by atoms with E-state index in [-0.39, 0.29) is 0 Å². The van der Waals surface area contributed by atoms with Gasteiger partial charge in [-0.3, -0.25) is 0 Å². The van der Waals surface area contributed by atoms with Gasteiger partial charge in [0, 0.05) is 21.5 Å². The van der Waals surface area contributed by atoms with Gasteiger partial charge in [0.25, 0.3) is 0 Å². The Kier molecular flexibility index (Phi) is 7.56. The van der Waals surface area contributed by atoms with Crippen molar-refractivity contribution in [3.63, 3.8) is 0 Å². The number of hydrogen-bond acceptors (Lipinski definition) is 2. The van der Waals surface area contributed by atoms with E-state index < -0.39 is 0 Å². The van der Waals surface area contributed by atoms with E-state index in [9.17, 15) is 10.5 Å². The monoisotopic (exact) mass is 694 g/mol. The van der Waals surface area contributed by atoms with Crippen molar-refractivity contribution in [3.05, 3.63) is 166 Å². The Morgan fingerprint density at radius 3 is 0.944 bits per heavy atom. The quantitative estimate of drug-likeness (QED) is 0.184. The van der Waals surface area contributed by atoms with E-state index in [4.69, 9.17) is 0 Å². The molecule has 0 saturated carbocycles. The van der Waals surface area contributed by atoms with Crippen molar-refractivity contribution < 1.29 is 0 Å². The molecule has 258 valence electrons. The number of nitriles is 2. The predicted octanol–water partition coefficient (Wildman–Crippen LogP) is 12.8. The number of aromatic nitrogens is 2. The summed E-state index contributed by atoms with van der Waals surface area (Å²) in [6, 6.07) is 48.4. The minimum Gasteiger partial charge on any atom is -0.307 e. The van der Waals surface area contributed by atoms with Crippen molar-refractivity contribution in [2.24, 2.45) is 0 Å². The zero-order valence-electron chi connectivity index (χ0n) is 31.3. The summed E-state index contributed by atoms with van der Waals surface area (Å²) in [7, 11) is 0. The van der Waals surface area contributed by atoms with Crippen molar-refractivity contribution in [3.8, 4) is 45.8 Å². The van der Waals surface area contributed by atoms with Gasteiger partial charge in [0.2, 0.25) is 0 Å². The van der Waals surface area contributed by atoms with Crippen LogP contribution in [0.5, 0.6) is 0 Å². The van der Waals surface area contributed by atoms with Gasteiger partial charge < -0.3 is 9.13 Å². The second kappa shape index (κ2) is 12.4. The molecule has 0 radical (unpaired) electrons. The fourth-order valence-electron chi connectivity index (χ4n) is 8.47. The third-order valence-electron chi connectivity index (χ3n) is 11.0. The SMILES string of the molecule is Cc1ccc2c(c1)c1cc(C)ccc1n2-c1cc(-c2ccc(C#N)cc2C)c(-c2ccc(C#N)cc2C)cc1-n1c2ccc(C)cc2c2cc(C)ccc21. The standard InChI is InChI=1S/C50H38N4/c1-29-7-15-45-41(19-29)42-20-30(2)8-16-46(42)53(45)49-25-39(37-13-11-35(27-51)23-33(37)5)40(38-14-12-36(28-52)24-34(38)6)26-50(49)54-47-17-9-31(3)21-43(47)44-22-32(4)10-18-48(44)54/h7-26H,1-6H3. The predicted molar refractivity (Wildman–Crippen MR) is 224 cm³/mol. The van der Waals surface area contributed by atoms with Crippen LogP contribution in [0.25, 0.3) is 77.2 Å². The fraction of sp³-hybridized carbons (Fsp3) is 0.120. The van der Waals surface area contributed by atoms with Gasteiger partial charge in [0.05, 0.1) is 56.7 Å². The van der Waals surface area contributed by atoms with Gasteiger partial charge in [-0.15, -0.1) is 0 Å². The molecule has 0 fully saturated rings. The third kappa shape index (κ3) is 5.11. The Balaban J connectivity index is 1.52. The summed E-state index contributed by atoms with van der Waals surface area (Å²) in [5, 5.41) is 24.5. The maximum absolute atomic E-state index is 9.82. The Labute approximate surface area is 315 Å². The number of hydrogen-bond donors (Lipinski definition) is 0. The fourth-order valence-corrected chi connectivity index (χ4v) is 8.47. The van der Waals surface area contributed by atoms with E-state index in [0.29, 0.717) is 11.1 Å². The zero-order chi connectivity index (χ0) is 37.4. The number of fused-ring (bicyclic) bond motifs is 6. The van der Waals surface area contributed by atoms with Gasteiger partial charge in [0.1, 0.15) is 0 Å². The highest BCUT2D eigenvalue weighted by atomic mass is 15.1. The molecule has 2 heterocycles. The Bertz CT molecular complexity index is 2810. The van der Waals surface area contributed by atoms with Crippen LogP contribution in [0.15, 0.2) is 121 Å². The molecule has 7 aromatic carbocycles. The van der Waals surface area contributed by atoms with Crippen molar-refractivity contribution in [1.82, 2.24) is 9.13 Å². The van der Waals surface area contributed by atoms with Crippen molar-refractivity contribution in [1.29, 1.82) is 10.5 Å². The molecular formula is C50H38N4. The second-order valence-corrected chi connectivity index (χ2v) is 14.9. The normalized spacial score (nSPS) is 11.5. The molecule has 0 aliphatic rings. The molecule has 0 unspecified atom stereocenters. The zero-order valence-corrected chi connectivity index (χ0v) is 31.3. The highest BCUT2D eigenvalue weighted by molar-refractivity contribution is 6.12. The third-order valence-corrected chi connectivity index (χ3v) is 11.0. The Morgan fingerprint density at radius 1 is 0.352 bits per heavy atom. The summed E-state index contributed by atoms with van der Waals surface area (Å²) in [5.74, 6) is 0. The minimum atomic E-state index is 0.633. The summed E-state index contributed by atoms with van der Waals surface area (Å²) >= 11 is 0. The summed E-state index contributed by atoms with van der Waals surface area (Å²) in [6.45, 7) is 12.8. The van der Waals surface area contributed by atoms with Crippen LogP contribution in [0.4, 0.5) is 0 Å². The Morgan fingerprint density at radius 2 is 0.667 bits per heavy atom. The molecule has 0 atom stereocenters. The molecule has 0 bridgehead atoms. The van der Waals surface area contributed by atoms with Gasteiger partial charge in [-0.1, -0.05) is 58.7 Å². The molecule has 9 aromatic rings. The molecule has 0 N–H and O–H groups in total. The summed E-state index contributed by atoms with van der Waals surface area (Å²) in [6.07, 6.45) is 0. The average molecular weight is 695 g/mol. The lowest BCUT2D eigenvalue weighted by Crippen LogP contribution is -2.06. The maximum atomic E-state index is 9.82. The molecule has 0 saturated heterocycles. The van der Waals surface area contributed by atoms with Crippen molar-refractivity contribution in [2.75, 3.05) is 0 Å². The summed E-state index contributed by atoms with van der Waals surface area (Å²) in [4.78, 5) is 0. The molecule has 0 aliphatic heterocycles. The lowest BCUT2D eigenvalue weighted by Gasteiger charge is -2.23. The smallest absolute Gasteiger partial charge is 0.0991 e. The number of rotatable bonds is 4. The largest absolute Gasteiger partial charge is 0.307 e. The van der Waals surface area contributed by atoms with Gasteiger partial charge in [0.15, 0.2) is 0 Å². The summed E-state index contributed by atoms with van der Waals surface area (Å²) in [5.41, 5.74) is 19.1. The first-order valence-corrected chi connectivity index (χ1v) is 18.4. The van der Waals surface area contributed by atoms with Crippen LogP contribution in [0.3, 0.4) is 0 Å². The van der Waals surface area contributed by atoms with E-state index in [1.165, 1.54) is 43.8 Å². The van der Waals surface area contributed by atoms with Crippen LogP contribution in [0.1, 0.15) is 44.5 Å². The van der Waals surface area contributed by atoms with Gasteiger partial charge in [-0.25, -0.2) is 0 Å². The van der Waals surface area contributed by atoms with E-state index in [2.05, 4.69) is 160 Å². The van der Waals surface area contributed by atoms with Gasteiger partial charge >= 0.3 is 0 Å². The highest BCUT2D eigenvalue weighted by Gasteiger charge is 2.24. The molecule has 0 spiro atoms. The first kappa shape index (κ1) is 33.0. The molecule has 9 rings (SSSR count). The van der Waals surface area contributed by atoms with Crippen molar-refractivity contribution in [2.45, 2.75) is 41.5 Å². The van der Waals surface area contributed by atoms with E-state index in [0.717, 1.165) is 66.8 Å². The lowest BCUT2D eigenvalue weighted by molar-refractivity contribution is 1.09. The van der Waals surface area contributed by atoms with Crippen LogP contribution in [-0.2, 0) is 0 Å². The second-order valence-electron chi connectivity index (χ2n) is 14.9. The van der Waals surface area contributed by atoms with Crippen molar-refractivity contribution >= 4 is 43.6 Å². The average Bonchev–Trinajstić information content (AvgIpc) is 3.65. The van der Waals surface area contributed by atoms with E-state index in [1.807, 2.05) is 24.3 Å². The molecule has 4 nitrogen and oxygen atoms in total. The first-order valence-electron chi connectivity index (χ1n) is 18.4. The lowest BCUT2D eigenvalue weighted by atomic mass is 9.88. The van der Waals surface area contributed by atoms with Gasteiger partial charge in [-0.05, 0) is 160 Å². The Hall–Kier alpha value is -6.88. The summed E-state index contributed by atoms with van der Waals surface area (Å²) < 4.78 is 4.88. The van der Waals surface area contributed by atoms with Crippen LogP contribution in [0.2, 0.25) is 0 Å². The highest BCUT2D eigenvalue weighted by Crippen LogP contribution is 2.45. The van der Waals surface area contributed by atoms with Crippen LogP contribution in [-0.4, -0.2) is 9.13 Å². The molecule has 0 aliphatic carbocycles. The van der Waals surface area contributed by atoms with E-state index in [1.54, 1.807) is 0 Å². The molecule has 54 heavy (non-hydrogen) atoms. The van der Waals surface area contributed by atoms with E-state index >= 15 is 0 Å². The molecule has 0 amide bonds. The molecule has 2 aromatic heterocycles. The maximum Gasteiger partial charge on any atom is 0.0991 e. The topological polar surface area (TPSA) is 57.4 Å². The molecule has 4 heteroatoms. The number of nitrogens with zero attached hydrogens (tertiary/aromatic N) is 4. The number of benzene rings is 7. The van der Waals surface area contributed by atoms with Crippen LogP contribution < -0.4 is 0 Å². The first-order chi connectivity index (χ1) is 26.1. The number of aryl methyl sites for hydroxylation is 6. The van der Waals surface area contributed by atoms with Crippen LogP contribution in [0, 0.1) is 64.2 Å².